The van der Waals surface area contributed by atoms with E-state index in [1.165, 1.54) is 7.11 Å². The summed E-state index contributed by atoms with van der Waals surface area (Å²) in [4.78, 5) is 25.6. The minimum absolute atomic E-state index is 0.0672. The van der Waals surface area contributed by atoms with E-state index in [0.717, 1.165) is 32.2 Å². The lowest BCUT2D eigenvalue weighted by atomic mass is 10.0. The molecule has 25 heavy (non-hydrogen) atoms. The number of methoxy groups -OCH3 is 1. The molecule has 1 aromatic rings. The number of ether oxygens (including phenoxy) is 1. The Morgan fingerprint density at radius 3 is 2.36 bits per heavy atom. The van der Waals surface area contributed by atoms with E-state index in [4.69, 9.17) is 4.74 Å². The normalized spacial score (nSPS) is 15.9. The molecular weight excluding hydrogens is 332 g/mol. The number of nitro groups is 2. The van der Waals surface area contributed by atoms with Gasteiger partial charge in [0.2, 0.25) is 5.75 Å². The number of phenolic OH excluding ortho intramolecular Hbond substituents is 1. The highest BCUT2D eigenvalue weighted by molar-refractivity contribution is 5.67. The zero-order valence-corrected chi connectivity index (χ0v) is 14.3. The number of aromatic hydroxyl groups is 1. The van der Waals surface area contributed by atoms with E-state index in [0.29, 0.717) is 13.0 Å². The van der Waals surface area contributed by atoms with Crippen LogP contribution in [0.4, 0.5) is 11.4 Å². The number of likely N-dealkylation sites (N-methyl/N-ethyl adjacent to an activating group) is 1. The van der Waals surface area contributed by atoms with Gasteiger partial charge in [-0.1, -0.05) is 0 Å². The minimum atomic E-state index is -0.796. The number of nitrogens with zero attached hydrogens (tertiary/aromatic N) is 4. The quantitative estimate of drug-likeness (QED) is 0.576. The Hall–Kier alpha value is -2.46. The van der Waals surface area contributed by atoms with Gasteiger partial charge in [-0.3, -0.25) is 20.2 Å². The van der Waals surface area contributed by atoms with E-state index >= 15 is 0 Å². The maximum absolute atomic E-state index is 11.3. The van der Waals surface area contributed by atoms with Crippen LogP contribution < -0.4 is 4.74 Å². The van der Waals surface area contributed by atoms with Gasteiger partial charge < -0.3 is 19.6 Å². The molecule has 1 aromatic carbocycles. The van der Waals surface area contributed by atoms with Crippen LogP contribution in [0, 0.1) is 20.2 Å². The molecule has 0 aliphatic carbocycles. The summed E-state index contributed by atoms with van der Waals surface area (Å²) < 4.78 is 4.82. The number of phenols is 1. The fraction of sp³-hybridized carbons (Fsp3) is 0.600. The second-order valence-corrected chi connectivity index (χ2v) is 6.04. The Bertz CT molecular complexity index is 658. The molecule has 2 rings (SSSR count). The van der Waals surface area contributed by atoms with Crippen LogP contribution in [0.15, 0.2) is 6.07 Å². The number of hydrogen-bond donors (Lipinski definition) is 1. The molecule has 1 saturated heterocycles. The Morgan fingerprint density at radius 2 is 1.84 bits per heavy atom. The predicted molar refractivity (Wildman–Crippen MR) is 90.2 cm³/mol. The molecule has 0 spiro atoms. The van der Waals surface area contributed by atoms with Gasteiger partial charge in [-0.05, 0) is 26.4 Å². The lowest BCUT2D eigenvalue weighted by Gasteiger charge is -2.32. The maximum Gasteiger partial charge on any atom is 0.324 e. The van der Waals surface area contributed by atoms with Crippen molar-refractivity contribution >= 4 is 11.4 Å². The van der Waals surface area contributed by atoms with Gasteiger partial charge in [-0.2, -0.15) is 0 Å². The molecule has 1 aliphatic rings. The number of rotatable bonds is 7. The van der Waals surface area contributed by atoms with Crippen LogP contribution in [-0.4, -0.2) is 71.6 Å². The molecule has 138 valence electrons. The van der Waals surface area contributed by atoms with Crippen molar-refractivity contribution in [2.75, 3.05) is 46.9 Å². The van der Waals surface area contributed by atoms with Gasteiger partial charge in [0.25, 0.3) is 5.69 Å². The molecule has 1 N–H and O–H groups in total. The van der Waals surface area contributed by atoms with E-state index in [1.807, 2.05) is 7.05 Å². The van der Waals surface area contributed by atoms with Crippen LogP contribution in [0.2, 0.25) is 0 Å². The third-order valence-corrected chi connectivity index (χ3v) is 4.42. The molecule has 1 heterocycles. The van der Waals surface area contributed by atoms with Crippen molar-refractivity contribution in [1.29, 1.82) is 0 Å². The van der Waals surface area contributed by atoms with Gasteiger partial charge in [0.15, 0.2) is 5.75 Å². The van der Waals surface area contributed by atoms with Crippen molar-refractivity contribution in [3.8, 4) is 11.5 Å². The summed E-state index contributed by atoms with van der Waals surface area (Å²) in [6.45, 7) is 4.38. The summed E-state index contributed by atoms with van der Waals surface area (Å²) in [6.07, 6.45) is 0.660. The van der Waals surface area contributed by atoms with Crippen LogP contribution in [0.25, 0.3) is 0 Å². The van der Waals surface area contributed by atoms with Crippen LogP contribution in [-0.2, 0) is 6.42 Å². The molecule has 0 saturated carbocycles. The molecule has 10 nitrogen and oxygen atoms in total. The molecule has 0 amide bonds. The number of hydrogen-bond acceptors (Lipinski definition) is 8. The summed E-state index contributed by atoms with van der Waals surface area (Å²) in [5.41, 5.74) is -1.12. The molecule has 1 aliphatic heterocycles. The van der Waals surface area contributed by atoms with E-state index < -0.39 is 27.0 Å². The summed E-state index contributed by atoms with van der Waals surface area (Å²) in [5, 5.41) is 32.7. The molecule has 0 aromatic heterocycles. The number of benzene rings is 1. The van der Waals surface area contributed by atoms with Crippen LogP contribution in [0.3, 0.4) is 0 Å². The number of nitro benzene ring substituents is 2. The molecule has 1 fully saturated rings. The van der Waals surface area contributed by atoms with Crippen molar-refractivity contribution < 1.29 is 19.7 Å². The van der Waals surface area contributed by atoms with E-state index in [-0.39, 0.29) is 17.7 Å². The summed E-state index contributed by atoms with van der Waals surface area (Å²) in [7, 11) is 3.24. The molecule has 10 heteroatoms. The molecule has 0 unspecified atom stereocenters. The van der Waals surface area contributed by atoms with Gasteiger partial charge >= 0.3 is 5.69 Å². The van der Waals surface area contributed by atoms with Gasteiger partial charge in [-0.25, -0.2) is 0 Å². The monoisotopic (exact) mass is 354 g/mol. The van der Waals surface area contributed by atoms with Crippen molar-refractivity contribution in [3.63, 3.8) is 0 Å². The van der Waals surface area contributed by atoms with Gasteiger partial charge in [0.05, 0.1) is 23.0 Å². The standard InChI is InChI=1S/C15H22N4O6/c1-16-6-8-17(9-7-16)5-3-4-11-12(18(21)22)10-13(25-2)15(20)14(11)19(23)24/h10,20H,3-9H2,1-2H3. The van der Waals surface area contributed by atoms with E-state index in [9.17, 15) is 25.3 Å². The van der Waals surface area contributed by atoms with Crippen molar-refractivity contribution in [1.82, 2.24) is 9.80 Å². The molecular formula is C15H22N4O6. The van der Waals surface area contributed by atoms with Crippen molar-refractivity contribution in [2.45, 2.75) is 12.8 Å². The van der Waals surface area contributed by atoms with Gasteiger partial charge in [0.1, 0.15) is 5.56 Å². The SMILES string of the molecule is COc1cc([N+](=O)[O-])c(CCCN2CCN(C)CC2)c([N+](=O)[O-])c1O. The fourth-order valence-electron chi connectivity index (χ4n) is 2.97. The van der Waals surface area contributed by atoms with E-state index in [1.54, 1.807) is 0 Å². The maximum atomic E-state index is 11.3. The first-order valence-corrected chi connectivity index (χ1v) is 7.97. The lowest BCUT2D eigenvalue weighted by Crippen LogP contribution is -2.44. The first-order valence-electron chi connectivity index (χ1n) is 7.97. The Morgan fingerprint density at radius 1 is 1.20 bits per heavy atom. The highest BCUT2D eigenvalue weighted by Crippen LogP contribution is 2.44. The topological polar surface area (TPSA) is 122 Å². The third-order valence-electron chi connectivity index (χ3n) is 4.42. The zero-order valence-electron chi connectivity index (χ0n) is 14.3. The first kappa shape index (κ1) is 18.9. The second-order valence-electron chi connectivity index (χ2n) is 6.04. The molecule has 0 bridgehead atoms. The third kappa shape index (κ3) is 4.34. The van der Waals surface area contributed by atoms with Crippen LogP contribution in [0.5, 0.6) is 11.5 Å². The van der Waals surface area contributed by atoms with Gasteiger partial charge in [-0.15, -0.1) is 0 Å². The Labute approximate surface area is 144 Å². The van der Waals surface area contributed by atoms with Gasteiger partial charge in [0, 0.05) is 26.2 Å². The first-order chi connectivity index (χ1) is 11.8. The number of piperazine rings is 1. The average molecular weight is 354 g/mol. The molecule has 0 atom stereocenters. The van der Waals surface area contributed by atoms with E-state index in [2.05, 4.69) is 9.80 Å². The van der Waals surface area contributed by atoms with Crippen LogP contribution >= 0.6 is 0 Å². The van der Waals surface area contributed by atoms with Crippen molar-refractivity contribution in [2.24, 2.45) is 0 Å². The Balaban J connectivity index is 2.21. The summed E-state index contributed by atoms with van der Waals surface area (Å²) in [6, 6.07) is 1.04. The average Bonchev–Trinajstić information content (AvgIpc) is 2.56. The van der Waals surface area contributed by atoms with Crippen molar-refractivity contribution in [3.05, 3.63) is 31.9 Å². The fourth-order valence-corrected chi connectivity index (χ4v) is 2.97. The Kier molecular flexibility index (Phi) is 6.10. The predicted octanol–water partition coefficient (Wildman–Crippen LogP) is 1.40. The summed E-state index contributed by atoms with van der Waals surface area (Å²) in [5.74, 6) is -0.950. The highest BCUT2D eigenvalue weighted by Gasteiger charge is 2.32. The minimum Gasteiger partial charge on any atom is -0.500 e. The zero-order chi connectivity index (χ0) is 18.6. The second kappa shape index (κ2) is 8.08. The molecule has 0 radical (unpaired) electrons. The van der Waals surface area contributed by atoms with Crippen LogP contribution in [0.1, 0.15) is 12.0 Å². The largest absolute Gasteiger partial charge is 0.500 e. The highest BCUT2D eigenvalue weighted by atomic mass is 16.6. The smallest absolute Gasteiger partial charge is 0.324 e. The summed E-state index contributed by atoms with van der Waals surface area (Å²) >= 11 is 0. The lowest BCUT2D eigenvalue weighted by molar-refractivity contribution is -0.396.